The van der Waals surface area contributed by atoms with E-state index in [0.717, 1.165) is 66.3 Å². The predicted molar refractivity (Wildman–Crippen MR) is 149 cm³/mol. The number of fused-ring (bicyclic) bond motifs is 2. The van der Waals surface area contributed by atoms with Crippen molar-refractivity contribution in [2.75, 3.05) is 31.1 Å². The molecule has 4 aromatic heterocycles. The zero-order chi connectivity index (χ0) is 24.5. The second-order valence-corrected chi connectivity index (χ2v) is 9.75. The van der Waals surface area contributed by atoms with Crippen molar-refractivity contribution in [1.29, 1.82) is 0 Å². The molecule has 0 bridgehead atoms. The number of pyridine rings is 2. The van der Waals surface area contributed by atoms with Crippen LogP contribution < -0.4 is 4.90 Å². The third kappa shape index (κ3) is 4.99. The summed E-state index contributed by atoms with van der Waals surface area (Å²) in [6.45, 7) is 6.98. The summed E-state index contributed by atoms with van der Waals surface area (Å²) in [5, 5.41) is 1.72. The summed E-state index contributed by atoms with van der Waals surface area (Å²) < 4.78 is 0. The minimum atomic E-state index is 0. The number of hydrogen-bond donors (Lipinski definition) is 1. The van der Waals surface area contributed by atoms with Gasteiger partial charge >= 0.3 is 0 Å². The second-order valence-electron chi connectivity index (χ2n) is 9.34. The quantitative estimate of drug-likeness (QED) is 0.331. The van der Waals surface area contributed by atoms with E-state index in [1.165, 1.54) is 16.8 Å². The molecule has 5 aromatic rings. The molecule has 1 N–H and O–H groups in total. The van der Waals surface area contributed by atoms with E-state index in [1.807, 2.05) is 24.7 Å². The zero-order valence-electron chi connectivity index (χ0n) is 20.1. The fourth-order valence-electron chi connectivity index (χ4n) is 5.16. The van der Waals surface area contributed by atoms with E-state index in [-0.39, 0.29) is 13.3 Å². The molecule has 1 aliphatic rings. The average molecular weight is 515 g/mol. The zero-order valence-corrected chi connectivity index (χ0v) is 20.9. The van der Waals surface area contributed by atoms with Gasteiger partial charge in [-0.2, -0.15) is 0 Å². The monoisotopic (exact) mass is 514 g/mol. The molecule has 1 aliphatic heterocycles. The maximum atomic E-state index is 6.80. The van der Waals surface area contributed by atoms with E-state index in [1.54, 1.807) is 12.7 Å². The van der Waals surface area contributed by atoms with Gasteiger partial charge in [0.05, 0.1) is 28.2 Å². The molecule has 8 nitrogen and oxygen atoms in total. The normalized spacial score (nSPS) is 15.1. The van der Waals surface area contributed by atoms with Crippen molar-refractivity contribution in [2.45, 2.75) is 33.2 Å². The Kier molecular flexibility index (Phi) is 7.30. The lowest BCUT2D eigenvalue weighted by Crippen LogP contribution is -2.46. The Labute approximate surface area is 221 Å². The molecule has 0 aliphatic carbocycles. The average Bonchev–Trinajstić information content (AvgIpc) is 3.40. The molecule has 1 atom stereocenters. The molecule has 37 heavy (non-hydrogen) atoms. The number of halogens is 1. The van der Waals surface area contributed by atoms with Crippen LogP contribution >= 0.6 is 11.6 Å². The maximum absolute atomic E-state index is 6.80. The van der Waals surface area contributed by atoms with E-state index in [4.69, 9.17) is 16.6 Å². The first-order valence-electron chi connectivity index (χ1n) is 12.2. The number of aromatic amines is 1. The summed E-state index contributed by atoms with van der Waals surface area (Å²) in [6.07, 6.45) is 9.57. The number of rotatable bonds is 6. The Bertz CT molecular complexity index is 1490. The van der Waals surface area contributed by atoms with Gasteiger partial charge in [-0.1, -0.05) is 26.0 Å². The van der Waals surface area contributed by atoms with Gasteiger partial charge in [-0.15, -0.1) is 0 Å². The number of nitrogens with one attached hydrogen (secondary N) is 1. The fourth-order valence-corrected chi connectivity index (χ4v) is 5.43. The third-order valence-electron chi connectivity index (χ3n) is 7.02. The number of anilines is 1. The fraction of sp³-hybridized carbons (Fsp3) is 0.321. The van der Waals surface area contributed by atoms with Crippen LogP contribution in [0.2, 0.25) is 5.02 Å². The number of H-pyrrole nitrogens is 1. The molecule has 5 heterocycles. The van der Waals surface area contributed by atoms with Gasteiger partial charge in [0.25, 0.3) is 0 Å². The molecule has 9 heteroatoms. The SMILES string of the molecule is C.CC(Cc1ncnc2nc[nH]c12)c1cc(Cl)c2cccnc2c1N1CCN(Cc2ccncc2)CC1. The van der Waals surface area contributed by atoms with Crippen molar-refractivity contribution >= 4 is 39.4 Å². The highest BCUT2D eigenvalue weighted by atomic mass is 35.5. The van der Waals surface area contributed by atoms with Crippen LogP contribution in [-0.4, -0.2) is 61.0 Å². The standard InChI is InChI=1S/C27H27ClN8.CH4/c1-18(13-23-25-27(33-16-31-23)34-17-32-25)21-14-22(28)20-3-2-6-30-24(20)26(21)36-11-9-35(10-12-36)15-19-4-7-29-8-5-19;/h2-8,14,16-18H,9-13,15H2,1H3,(H,31,32,33,34);1H4. The number of aromatic nitrogens is 6. The van der Waals surface area contributed by atoms with E-state index in [0.29, 0.717) is 5.65 Å². The van der Waals surface area contributed by atoms with Crippen molar-refractivity contribution in [3.8, 4) is 0 Å². The van der Waals surface area contributed by atoms with Crippen molar-refractivity contribution in [3.63, 3.8) is 0 Å². The second kappa shape index (κ2) is 10.8. The van der Waals surface area contributed by atoms with Gasteiger partial charge in [0.2, 0.25) is 0 Å². The molecule has 0 saturated carbocycles. The van der Waals surface area contributed by atoms with Gasteiger partial charge in [-0.3, -0.25) is 14.9 Å². The smallest absolute Gasteiger partial charge is 0.180 e. The highest BCUT2D eigenvalue weighted by molar-refractivity contribution is 6.36. The van der Waals surface area contributed by atoms with Gasteiger partial charge in [0.15, 0.2) is 5.65 Å². The summed E-state index contributed by atoms with van der Waals surface area (Å²) in [6, 6.07) is 10.3. The number of hydrogen-bond acceptors (Lipinski definition) is 7. The molecular formula is C28H31ClN8. The Morgan fingerprint density at radius 1 is 1.00 bits per heavy atom. The van der Waals surface area contributed by atoms with Crippen LogP contribution in [0.3, 0.4) is 0 Å². The van der Waals surface area contributed by atoms with Crippen molar-refractivity contribution in [3.05, 3.63) is 83.4 Å². The molecule has 0 amide bonds. The van der Waals surface area contributed by atoms with Crippen molar-refractivity contribution < 1.29 is 0 Å². The van der Waals surface area contributed by atoms with Gasteiger partial charge in [-0.05, 0) is 53.8 Å². The summed E-state index contributed by atoms with van der Waals surface area (Å²) in [5.41, 5.74) is 7.16. The van der Waals surface area contributed by atoms with E-state index >= 15 is 0 Å². The molecule has 0 radical (unpaired) electrons. The van der Waals surface area contributed by atoms with E-state index in [9.17, 15) is 0 Å². The van der Waals surface area contributed by atoms with Crippen LogP contribution in [0.25, 0.3) is 22.1 Å². The van der Waals surface area contributed by atoms with Crippen LogP contribution in [0.1, 0.15) is 37.1 Å². The first-order valence-corrected chi connectivity index (χ1v) is 12.6. The van der Waals surface area contributed by atoms with E-state index < -0.39 is 0 Å². The van der Waals surface area contributed by atoms with Crippen molar-refractivity contribution in [1.82, 2.24) is 34.8 Å². The van der Waals surface area contributed by atoms with Crippen LogP contribution in [0, 0.1) is 0 Å². The minimum absolute atomic E-state index is 0. The topological polar surface area (TPSA) is 86.7 Å². The molecule has 0 spiro atoms. The van der Waals surface area contributed by atoms with Gasteiger partial charge in [-0.25, -0.2) is 15.0 Å². The first-order chi connectivity index (χ1) is 17.7. The lowest BCUT2D eigenvalue weighted by molar-refractivity contribution is 0.250. The lowest BCUT2D eigenvalue weighted by Gasteiger charge is -2.38. The Hall–Kier alpha value is -3.62. The third-order valence-corrected chi connectivity index (χ3v) is 7.33. The highest BCUT2D eigenvalue weighted by Crippen LogP contribution is 2.40. The molecular weight excluding hydrogens is 484 g/mol. The summed E-state index contributed by atoms with van der Waals surface area (Å²) in [4.78, 5) is 30.2. The highest BCUT2D eigenvalue weighted by Gasteiger charge is 2.26. The molecule has 6 rings (SSSR count). The Morgan fingerprint density at radius 3 is 2.62 bits per heavy atom. The largest absolute Gasteiger partial charge is 0.367 e. The summed E-state index contributed by atoms with van der Waals surface area (Å²) in [7, 11) is 0. The lowest BCUT2D eigenvalue weighted by atomic mass is 9.92. The van der Waals surface area contributed by atoms with Gasteiger partial charge in [0, 0.05) is 56.7 Å². The van der Waals surface area contributed by atoms with Crippen LogP contribution in [0.4, 0.5) is 5.69 Å². The summed E-state index contributed by atoms with van der Waals surface area (Å²) >= 11 is 6.80. The molecule has 190 valence electrons. The maximum Gasteiger partial charge on any atom is 0.180 e. The first kappa shape index (κ1) is 25.0. The predicted octanol–water partition coefficient (Wildman–Crippen LogP) is 5.25. The molecule has 1 saturated heterocycles. The van der Waals surface area contributed by atoms with Crippen LogP contribution in [0.15, 0.2) is 61.6 Å². The summed E-state index contributed by atoms with van der Waals surface area (Å²) in [5.74, 6) is 0.167. The molecule has 1 unspecified atom stereocenters. The van der Waals surface area contributed by atoms with Gasteiger partial charge in [0.1, 0.15) is 11.8 Å². The van der Waals surface area contributed by atoms with Crippen molar-refractivity contribution in [2.24, 2.45) is 0 Å². The Balaban J connectivity index is 0.00000280. The number of benzene rings is 1. The number of imidazole rings is 1. The number of nitrogens with zero attached hydrogens (tertiary/aromatic N) is 7. The minimum Gasteiger partial charge on any atom is -0.367 e. The number of piperazine rings is 1. The molecule has 1 fully saturated rings. The van der Waals surface area contributed by atoms with Gasteiger partial charge < -0.3 is 9.88 Å². The Morgan fingerprint density at radius 2 is 1.81 bits per heavy atom. The molecule has 1 aromatic carbocycles. The van der Waals surface area contributed by atoms with Crippen LogP contribution in [0.5, 0.6) is 0 Å². The van der Waals surface area contributed by atoms with Crippen LogP contribution in [-0.2, 0) is 13.0 Å². The van der Waals surface area contributed by atoms with E-state index in [2.05, 4.69) is 65.9 Å².